The number of aromatic nitrogens is 2. The summed E-state index contributed by atoms with van der Waals surface area (Å²) in [6.07, 6.45) is 5.36. The number of benzene rings is 2. The van der Waals surface area contributed by atoms with Crippen molar-refractivity contribution >= 4 is 54.9 Å². The van der Waals surface area contributed by atoms with E-state index in [-0.39, 0.29) is 13.1 Å². The molecule has 0 atom stereocenters. The maximum atomic E-state index is 4.76. The predicted octanol–water partition coefficient (Wildman–Crippen LogP) is 6.99. The molecule has 4 rings (SSSR count). The summed E-state index contributed by atoms with van der Waals surface area (Å²) in [7, 11) is 9.53. The predicted molar refractivity (Wildman–Crippen MR) is 128 cm³/mol. The van der Waals surface area contributed by atoms with Gasteiger partial charge in [-0.1, -0.05) is 48.0 Å². The van der Waals surface area contributed by atoms with Crippen LogP contribution in [0.3, 0.4) is 0 Å². The molecule has 7 heteroatoms. The Hall–Kier alpha value is -2.43. The van der Waals surface area contributed by atoms with Gasteiger partial charge in [-0.3, -0.25) is 15.0 Å². The molecule has 0 bridgehead atoms. The number of hydrogen-bond donors (Lipinski definition) is 0. The summed E-state index contributed by atoms with van der Waals surface area (Å²) in [5.74, 6) is 0. The number of hydrogen-bond acceptors (Lipinski definition) is 3. The number of para-hydroxylation sites is 1. The summed E-state index contributed by atoms with van der Waals surface area (Å²) in [5, 5.41) is 1.07. The fraction of sp³-hybridized carbons (Fsp3) is 0.125. The van der Waals surface area contributed by atoms with Gasteiger partial charge in [0.2, 0.25) is 0 Å². The fourth-order valence-corrected chi connectivity index (χ4v) is 3.37. The molecule has 0 amide bonds. The number of nitrogens with zero attached hydrogens (tertiary/aromatic N) is 4. The van der Waals surface area contributed by atoms with Gasteiger partial charge in [0.1, 0.15) is 0 Å². The summed E-state index contributed by atoms with van der Waals surface area (Å²) >= 11 is 0.194. The molecule has 0 radical (unpaired) electrons. The van der Waals surface area contributed by atoms with Crippen molar-refractivity contribution in [1.29, 1.82) is 0 Å². The first-order chi connectivity index (χ1) is 15.0. The van der Waals surface area contributed by atoms with Crippen LogP contribution in [0.25, 0.3) is 10.9 Å². The van der Waals surface area contributed by atoms with Crippen LogP contribution in [0, 0.1) is 20.8 Å². The van der Waals surface area contributed by atoms with Crippen LogP contribution in [0.15, 0.2) is 70.8 Å². The van der Waals surface area contributed by atoms with E-state index >= 15 is 0 Å². The molecule has 2 heterocycles. The summed E-state index contributed by atoms with van der Waals surface area (Å²) in [6, 6.07) is 18.1. The van der Waals surface area contributed by atoms with Gasteiger partial charge in [0.25, 0.3) is 0 Å². The summed E-state index contributed by atoms with van der Waals surface area (Å²) in [6.45, 7) is 6.27. The molecule has 0 fully saturated rings. The molecule has 4 nitrogen and oxygen atoms in total. The molecule has 4 aromatic rings. The number of pyridine rings is 1. The van der Waals surface area contributed by atoms with E-state index in [4.69, 9.17) is 20.2 Å². The van der Waals surface area contributed by atoms with Gasteiger partial charge in [-0.25, -0.2) is 0 Å². The van der Waals surface area contributed by atoms with E-state index in [0.29, 0.717) is 0 Å². The molecule has 0 spiro atoms. The summed E-state index contributed by atoms with van der Waals surface area (Å²) in [4.78, 5) is 18.2. The van der Waals surface area contributed by atoms with Crippen LogP contribution in [-0.4, -0.2) is 17.4 Å². The normalized spacial score (nSPS) is 11.3. The standard InChI is InChI=1S/C24H21N4.2ClH.Fe/c1-16-12-17(2)23(18(3)13-16)27-15-21-10-9-20(28-21)14-26-22-8-4-6-19-7-5-11-25-24(19)22;;;/h4-15H,1-3H3;2*1H;/q-1;;;+3/p-2. The molecule has 0 aliphatic rings. The molecule has 159 valence electrons. The van der Waals surface area contributed by atoms with Crippen molar-refractivity contribution in [2.24, 2.45) is 9.98 Å². The number of halogens is 2. The third kappa shape index (κ3) is 6.28. The number of aryl methyl sites for hydroxylation is 3. The van der Waals surface area contributed by atoms with Gasteiger partial charge in [0.15, 0.2) is 0 Å². The molecule has 2 aromatic heterocycles. The Labute approximate surface area is 197 Å². The van der Waals surface area contributed by atoms with Crippen LogP contribution in [-0.2, 0) is 13.1 Å². The fourth-order valence-electron chi connectivity index (χ4n) is 3.37. The maximum absolute atomic E-state index is 4.76. The van der Waals surface area contributed by atoms with E-state index in [0.717, 1.165) is 33.7 Å². The second-order valence-corrected chi connectivity index (χ2v) is 8.79. The first-order valence-corrected chi connectivity index (χ1v) is 12.5. The van der Waals surface area contributed by atoms with Crippen LogP contribution in [0.1, 0.15) is 28.1 Å². The Morgan fingerprint density at radius 2 is 1.48 bits per heavy atom. The van der Waals surface area contributed by atoms with Crippen LogP contribution in [0.5, 0.6) is 0 Å². The number of rotatable bonds is 4. The van der Waals surface area contributed by atoms with E-state index in [1.54, 1.807) is 12.4 Å². The van der Waals surface area contributed by atoms with E-state index in [1.807, 2.05) is 48.7 Å². The zero-order valence-electron chi connectivity index (χ0n) is 17.3. The molecular formula is C24H21Cl2FeN4. The van der Waals surface area contributed by atoms with Gasteiger partial charge in [-0.2, -0.15) is 0 Å². The van der Waals surface area contributed by atoms with Gasteiger partial charge in [0, 0.05) is 24.0 Å². The molecule has 0 aliphatic heterocycles. The summed E-state index contributed by atoms with van der Waals surface area (Å²) < 4.78 is 0. The van der Waals surface area contributed by atoms with Crippen molar-refractivity contribution in [3.8, 4) is 0 Å². The number of aliphatic imine (C=N–C) groups is 2. The molecule has 2 aromatic carbocycles. The Kier molecular flexibility index (Phi) is 8.44. The van der Waals surface area contributed by atoms with Gasteiger partial charge in [0.05, 0.1) is 16.9 Å². The third-order valence-electron chi connectivity index (χ3n) is 4.59. The van der Waals surface area contributed by atoms with Gasteiger partial charge in [-0.05, 0) is 44.0 Å². The van der Waals surface area contributed by atoms with Gasteiger partial charge in [-0.15, -0.1) is 11.4 Å². The molecule has 31 heavy (non-hydrogen) atoms. The van der Waals surface area contributed by atoms with Gasteiger partial charge >= 0.3 is 33.3 Å². The topological polar surface area (TPSA) is 51.7 Å². The van der Waals surface area contributed by atoms with E-state index in [1.165, 1.54) is 16.7 Å². The molecule has 0 saturated heterocycles. The zero-order valence-corrected chi connectivity index (χ0v) is 19.9. The van der Waals surface area contributed by atoms with Crippen molar-refractivity contribution in [3.05, 3.63) is 88.9 Å². The second kappa shape index (κ2) is 11.3. The summed E-state index contributed by atoms with van der Waals surface area (Å²) in [5.41, 5.74) is 7.94. The average Bonchev–Trinajstić information content (AvgIpc) is 3.20. The van der Waals surface area contributed by atoms with Crippen molar-refractivity contribution in [2.45, 2.75) is 20.8 Å². The molecule has 0 saturated carbocycles. The molecule has 0 unspecified atom stereocenters. The quantitative estimate of drug-likeness (QED) is 0.228. The van der Waals surface area contributed by atoms with E-state index in [2.05, 4.69) is 52.9 Å². The van der Waals surface area contributed by atoms with Crippen LogP contribution < -0.4 is 4.98 Å². The first kappa shape index (κ1) is 23.2. The number of fused-ring (bicyclic) bond motifs is 1. The molecule has 0 aliphatic carbocycles. The van der Waals surface area contributed by atoms with Gasteiger partial charge < -0.3 is 4.98 Å². The van der Waals surface area contributed by atoms with E-state index < -0.39 is 0 Å². The Morgan fingerprint density at radius 1 is 0.871 bits per heavy atom. The minimum atomic E-state index is 0.194. The first-order valence-electron chi connectivity index (χ1n) is 9.50. The SMILES string of the molecule is Cc1cc(C)c(N=Cc2ccc(C=Nc3cccc4cccnc34)[n-]2)c(C)c1.[Cl][Fe+][Cl]. The van der Waals surface area contributed by atoms with Crippen molar-refractivity contribution in [1.82, 2.24) is 9.97 Å². The Morgan fingerprint density at radius 3 is 2.16 bits per heavy atom. The monoisotopic (exact) mass is 491 g/mol. The second-order valence-electron chi connectivity index (χ2n) is 6.96. The Bertz CT molecular complexity index is 1200. The molecular weight excluding hydrogens is 471 g/mol. The minimum absolute atomic E-state index is 0.194. The van der Waals surface area contributed by atoms with Crippen LogP contribution >= 0.6 is 20.2 Å². The third-order valence-corrected chi connectivity index (χ3v) is 4.59. The van der Waals surface area contributed by atoms with E-state index in [9.17, 15) is 0 Å². The zero-order chi connectivity index (χ0) is 22.2. The van der Waals surface area contributed by atoms with Crippen molar-refractivity contribution < 1.29 is 13.1 Å². The van der Waals surface area contributed by atoms with Crippen LogP contribution in [0.4, 0.5) is 11.4 Å². The van der Waals surface area contributed by atoms with Crippen LogP contribution in [0.2, 0.25) is 0 Å². The van der Waals surface area contributed by atoms with Crippen molar-refractivity contribution in [2.75, 3.05) is 0 Å². The van der Waals surface area contributed by atoms with Crippen molar-refractivity contribution in [3.63, 3.8) is 0 Å². The average molecular weight is 492 g/mol. The molecule has 0 N–H and O–H groups in total. The Balaban J connectivity index is 0.000000858.